The van der Waals surface area contributed by atoms with Crippen molar-refractivity contribution in [3.8, 4) is 0 Å². The Balaban J connectivity index is 1.57. The van der Waals surface area contributed by atoms with E-state index >= 15 is 4.39 Å². The number of rotatable bonds is 7. The van der Waals surface area contributed by atoms with Crippen molar-refractivity contribution in [2.24, 2.45) is 5.92 Å². The molecule has 7 rings (SSSR count). The zero-order chi connectivity index (χ0) is 31.1. The number of hydrogen-bond acceptors (Lipinski definition) is 4. The molecule has 1 spiro atoms. The average molecular weight is 640 g/mol. The van der Waals surface area contributed by atoms with Crippen molar-refractivity contribution in [2.45, 2.75) is 63.1 Å². The standard InChI is InChI=1S/C33H30Cl2F2N4O3/c1-3-5-27-30(41-16(2)20-13-21(31(42)43)24(36)14-25(20)39-41)28(19-6-4-7-23(35)29(19)37)33(40(27)15-17-8-9-17)22-11-10-18(34)12-26(22)38-32(33)44/h4,6-7,10-14,17,27-28,30H,3,5,8-9,15H2,1-2H3,(H,38,44)(H,42,43)/t27-,28-,30+,33+/m0/s1. The lowest BCUT2D eigenvalue weighted by atomic mass is 9.73. The van der Waals surface area contributed by atoms with Gasteiger partial charge in [0.15, 0.2) is 0 Å². The highest BCUT2D eigenvalue weighted by Crippen LogP contribution is 2.63. The number of aromatic carboxylic acids is 1. The van der Waals surface area contributed by atoms with E-state index in [0.717, 1.165) is 25.3 Å². The Kier molecular flexibility index (Phi) is 6.99. The summed E-state index contributed by atoms with van der Waals surface area (Å²) in [6.45, 7) is 4.48. The number of aryl methyl sites for hydroxylation is 1. The van der Waals surface area contributed by atoms with Crippen LogP contribution in [-0.2, 0) is 10.3 Å². The minimum absolute atomic E-state index is 0.0608. The van der Waals surface area contributed by atoms with Crippen molar-refractivity contribution >= 4 is 51.7 Å². The highest BCUT2D eigenvalue weighted by molar-refractivity contribution is 6.31. The molecule has 44 heavy (non-hydrogen) atoms. The molecular weight excluding hydrogens is 609 g/mol. The lowest BCUT2D eigenvalue weighted by Crippen LogP contribution is -2.52. The molecule has 0 radical (unpaired) electrons. The Morgan fingerprint density at radius 2 is 1.93 bits per heavy atom. The fourth-order valence-electron chi connectivity index (χ4n) is 7.64. The molecule has 1 amide bonds. The molecule has 2 aliphatic heterocycles. The quantitative estimate of drug-likeness (QED) is 0.217. The number of carboxylic acids is 1. The third-order valence-corrected chi connectivity index (χ3v) is 10.2. The highest BCUT2D eigenvalue weighted by atomic mass is 35.5. The van der Waals surface area contributed by atoms with E-state index < -0.39 is 40.7 Å². The van der Waals surface area contributed by atoms with E-state index in [4.69, 9.17) is 28.3 Å². The number of fused-ring (bicyclic) bond motifs is 3. The van der Waals surface area contributed by atoms with Crippen LogP contribution in [0.15, 0.2) is 48.5 Å². The number of benzene rings is 3. The summed E-state index contributed by atoms with van der Waals surface area (Å²) in [4.78, 5) is 28.7. The molecule has 1 saturated carbocycles. The maximum Gasteiger partial charge on any atom is 0.338 e. The van der Waals surface area contributed by atoms with Crippen LogP contribution in [0.3, 0.4) is 0 Å². The minimum atomic E-state index is -1.38. The number of carboxylic acid groups (broad SMARTS) is 1. The molecule has 2 N–H and O–H groups in total. The van der Waals surface area contributed by atoms with Crippen molar-refractivity contribution in [3.63, 3.8) is 0 Å². The van der Waals surface area contributed by atoms with Crippen LogP contribution in [0.4, 0.5) is 14.5 Å². The van der Waals surface area contributed by atoms with Crippen LogP contribution in [0, 0.1) is 24.5 Å². The molecule has 4 atom stereocenters. The second kappa shape index (κ2) is 10.5. The van der Waals surface area contributed by atoms with E-state index in [9.17, 15) is 19.1 Å². The van der Waals surface area contributed by atoms with Crippen molar-refractivity contribution < 1.29 is 23.5 Å². The number of hydrogen-bond donors (Lipinski definition) is 2. The second-order valence-corrected chi connectivity index (χ2v) is 13.0. The Morgan fingerprint density at radius 3 is 2.64 bits per heavy atom. The molecule has 2 fully saturated rings. The third kappa shape index (κ3) is 4.19. The van der Waals surface area contributed by atoms with E-state index in [2.05, 4.69) is 17.1 Å². The molecule has 4 aromatic rings. The molecule has 3 heterocycles. The monoisotopic (exact) mass is 638 g/mol. The molecule has 228 valence electrons. The van der Waals surface area contributed by atoms with Gasteiger partial charge < -0.3 is 10.4 Å². The number of aromatic nitrogens is 2. The lowest BCUT2D eigenvalue weighted by Gasteiger charge is -2.39. The van der Waals surface area contributed by atoms with Crippen LogP contribution in [0.2, 0.25) is 10.0 Å². The SMILES string of the molecule is CCC[C@H]1[C@@H](n2nc3cc(F)c(C(=O)O)cc3c2C)[C@H](c2cccc(Cl)c2F)[C@]2(C(=O)Nc3cc(Cl)ccc32)N1CC1CC1. The Bertz CT molecular complexity index is 1860. The van der Waals surface area contributed by atoms with Crippen LogP contribution < -0.4 is 5.32 Å². The molecule has 3 aromatic carbocycles. The molecular formula is C33H30Cl2F2N4O3. The topological polar surface area (TPSA) is 87.5 Å². The largest absolute Gasteiger partial charge is 0.478 e. The van der Waals surface area contributed by atoms with Gasteiger partial charge in [-0.25, -0.2) is 13.6 Å². The van der Waals surface area contributed by atoms with Crippen LogP contribution in [0.25, 0.3) is 10.9 Å². The van der Waals surface area contributed by atoms with Gasteiger partial charge in [0.2, 0.25) is 5.91 Å². The third-order valence-electron chi connectivity index (χ3n) is 9.63. The van der Waals surface area contributed by atoms with Gasteiger partial charge in [-0.2, -0.15) is 5.10 Å². The zero-order valence-corrected chi connectivity index (χ0v) is 25.6. The summed E-state index contributed by atoms with van der Waals surface area (Å²) in [5.74, 6) is -3.60. The predicted molar refractivity (Wildman–Crippen MR) is 164 cm³/mol. The summed E-state index contributed by atoms with van der Waals surface area (Å²) in [6, 6.07) is 11.7. The van der Waals surface area contributed by atoms with E-state index in [1.54, 1.807) is 35.9 Å². The van der Waals surface area contributed by atoms with E-state index in [1.807, 2.05) is 6.07 Å². The molecule has 0 bridgehead atoms. The average Bonchev–Trinajstić information content (AvgIpc) is 3.61. The molecule has 11 heteroatoms. The first-order chi connectivity index (χ1) is 21.1. The summed E-state index contributed by atoms with van der Waals surface area (Å²) >= 11 is 12.8. The van der Waals surface area contributed by atoms with Crippen LogP contribution in [-0.4, -0.2) is 44.3 Å². The van der Waals surface area contributed by atoms with E-state index in [0.29, 0.717) is 46.2 Å². The number of nitrogens with zero attached hydrogens (tertiary/aromatic N) is 3. The minimum Gasteiger partial charge on any atom is -0.478 e. The first-order valence-electron chi connectivity index (χ1n) is 14.8. The normalized spacial score (nSPS) is 24.8. The van der Waals surface area contributed by atoms with Crippen LogP contribution >= 0.6 is 23.2 Å². The Morgan fingerprint density at radius 1 is 1.16 bits per heavy atom. The zero-order valence-electron chi connectivity index (χ0n) is 24.1. The summed E-state index contributed by atoms with van der Waals surface area (Å²) in [6.07, 6.45) is 3.50. The second-order valence-electron chi connectivity index (χ2n) is 12.2. The number of anilines is 1. The van der Waals surface area contributed by atoms with Crippen molar-refractivity contribution in [2.75, 3.05) is 11.9 Å². The van der Waals surface area contributed by atoms with Gasteiger partial charge >= 0.3 is 5.97 Å². The van der Waals surface area contributed by atoms with Gasteiger partial charge in [0, 0.05) is 51.9 Å². The van der Waals surface area contributed by atoms with Gasteiger partial charge in [0.1, 0.15) is 17.2 Å². The fourth-order valence-corrected chi connectivity index (χ4v) is 7.99. The summed E-state index contributed by atoms with van der Waals surface area (Å²) < 4.78 is 32.9. The van der Waals surface area contributed by atoms with Gasteiger partial charge in [-0.05, 0) is 61.9 Å². The maximum atomic E-state index is 16.3. The smallest absolute Gasteiger partial charge is 0.338 e. The summed E-state index contributed by atoms with van der Waals surface area (Å²) in [5.41, 5.74) is 0.637. The summed E-state index contributed by atoms with van der Waals surface area (Å²) in [5, 5.41) is 18.4. The highest BCUT2D eigenvalue weighted by Gasteiger charge is 2.68. The van der Waals surface area contributed by atoms with Gasteiger partial charge in [0.25, 0.3) is 0 Å². The molecule has 1 aromatic heterocycles. The van der Waals surface area contributed by atoms with E-state index in [1.165, 1.54) is 12.1 Å². The maximum absolute atomic E-state index is 16.3. The molecule has 3 aliphatic rings. The number of carbonyl (C=O) groups excluding carboxylic acids is 1. The summed E-state index contributed by atoms with van der Waals surface area (Å²) in [7, 11) is 0. The predicted octanol–water partition coefficient (Wildman–Crippen LogP) is 7.69. The Labute approximate surface area is 262 Å². The molecule has 0 unspecified atom stereocenters. The number of halogens is 4. The van der Waals surface area contributed by atoms with Gasteiger partial charge in [0.05, 0.1) is 22.1 Å². The van der Waals surface area contributed by atoms with Crippen LogP contribution in [0.5, 0.6) is 0 Å². The van der Waals surface area contributed by atoms with Gasteiger partial charge in [-0.15, -0.1) is 0 Å². The molecule has 1 saturated heterocycles. The number of carbonyl (C=O) groups is 2. The number of nitrogens with one attached hydrogen (secondary N) is 1. The van der Waals surface area contributed by atoms with Crippen molar-refractivity contribution in [3.05, 3.63) is 92.6 Å². The fraction of sp³-hybridized carbons (Fsp3) is 0.364. The van der Waals surface area contributed by atoms with Gasteiger partial charge in [-0.3, -0.25) is 14.4 Å². The number of amides is 1. The molecule has 1 aliphatic carbocycles. The van der Waals surface area contributed by atoms with Crippen molar-refractivity contribution in [1.29, 1.82) is 0 Å². The Hall–Kier alpha value is -3.53. The first-order valence-corrected chi connectivity index (χ1v) is 15.6. The first kappa shape index (κ1) is 29.2. The van der Waals surface area contributed by atoms with Crippen molar-refractivity contribution in [1.82, 2.24) is 14.7 Å². The van der Waals surface area contributed by atoms with Gasteiger partial charge in [-0.1, -0.05) is 54.7 Å². The van der Waals surface area contributed by atoms with Crippen LogP contribution in [0.1, 0.15) is 71.7 Å². The lowest BCUT2D eigenvalue weighted by molar-refractivity contribution is -0.128. The van der Waals surface area contributed by atoms with E-state index in [-0.39, 0.29) is 28.1 Å². The number of likely N-dealkylation sites (tertiary alicyclic amines) is 1. The molecule has 7 nitrogen and oxygen atoms in total.